The lowest BCUT2D eigenvalue weighted by molar-refractivity contribution is -0.123. The second-order valence-corrected chi connectivity index (χ2v) is 7.75. The van der Waals surface area contributed by atoms with Gasteiger partial charge in [0.25, 0.3) is 5.91 Å². The van der Waals surface area contributed by atoms with E-state index in [2.05, 4.69) is 22.2 Å². The van der Waals surface area contributed by atoms with Crippen LogP contribution in [0, 0.1) is 0 Å². The van der Waals surface area contributed by atoms with E-state index in [9.17, 15) is 9.59 Å². The van der Waals surface area contributed by atoms with E-state index in [1.54, 1.807) is 23.6 Å². The first kappa shape index (κ1) is 21.4. The maximum absolute atomic E-state index is 12.7. The second-order valence-electron chi connectivity index (χ2n) is 6.89. The van der Waals surface area contributed by atoms with Gasteiger partial charge in [-0.05, 0) is 19.1 Å². The Balaban J connectivity index is 1.48. The van der Waals surface area contributed by atoms with Crippen LogP contribution in [0.15, 0.2) is 58.9 Å². The van der Waals surface area contributed by atoms with Crippen molar-refractivity contribution in [1.29, 1.82) is 0 Å². The molecule has 9 heteroatoms. The standard InChI is InChI=1S/C23H21N3O5S/c1-4-9-24-23-26-17(12-32-23)22(28)30-13(2)21(27)25-16-11-19-15(10-20(16)29-3)14-7-5-6-8-18(14)31-19/h4-8,10-13H,1,9H2,2-3H3,(H,24,26)(H,25,27)/t13-/m1/s1. The second kappa shape index (κ2) is 9.11. The van der Waals surface area contributed by atoms with Crippen LogP contribution < -0.4 is 15.4 Å². The van der Waals surface area contributed by atoms with Gasteiger partial charge in [-0.3, -0.25) is 4.79 Å². The highest BCUT2D eigenvalue weighted by atomic mass is 32.1. The highest BCUT2D eigenvalue weighted by Gasteiger charge is 2.22. The van der Waals surface area contributed by atoms with Crippen LogP contribution in [0.25, 0.3) is 21.9 Å². The highest BCUT2D eigenvalue weighted by Crippen LogP contribution is 2.36. The number of nitrogens with one attached hydrogen (secondary N) is 2. The van der Waals surface area contributed by atoms with Crippen molar-refractivity contribution in [3.8, 4) is 5.75 Å². The van der Waals surface area contributed by atoms with Crippen molar-refractivity contribution in [1.82, 2.24) is 4.98 Å². The average Bonchev–Trinajstić information content (AvgIpc) is 3.41. The van der Waals surface area contributed by atoms with E-state index < -0.39 is 18.0 Å². The number of furan rings is 1. The number of anilines is 2. The monoisotopic (exact) mass is 451 g/mol. The molecule has 0 spiro atoms. The summed E-state index contributed by atoms with van der Waals surface area (Å²) in [5, 5.41) is 9.70. The third kappa shape index (κ3) is 4.28. The number of thiazole rings is 1. The number of aromatic nitrogens is 1. The summed E-state index contributed by atoms with van der Waals surface area (Å²) in [5.41, 5.74) is 1.88. The Morgan fingerprint density at radius 1 is 1.25 bits per heavy atom. The number of benzene rings is 2. The topological polar surface area (TPSA) is 103 Å². The summed E-state index contributed by atoms with van der Waals surface area (Å²) in [6.45, 7) is 5.63. The number of hydrogen-bond donors (Lipinski definition) is 2. The SMILES string of the molecule is C=CCNc1nc(C(=O)O[C@H](C)C(=O)Nc2cc3oc4ccccc4c3cc2OC)cs1. The lowest BCUT2D eigenvalue weighted by atomic mass is 10.1. The fraction of sp³-hybridized carbons (Fsp3) is 0.174. The molecule has 0 saturated heterocycles. The van der Waals surface area contributed by atoms with Crippen LogP contribution >= 0.6 is 11.3 Å². The zero-order chi connectivity index (χ0) is 22.7. The van der Waals surface area contributed by atoms with Gasteiger partial charge in [0.2, 0.25) is 0 Å². The van der Waals surface area contributed by atoms with Gasteiger partial charge in [0, 0.05) is 28.8 Å². The van der Waals surface area contributed by atoms with Gasteiger partial charge >= 0.3 is 5.97 Å². The molecule has 0 saturated carbocycles. The van der Waals surface area contributed by atoms with Crippen LogP contribution in [0.2, 0.25) is 0 Å². The minimum atomic E-state index is -1.05. The van der Waals surface area contributed by atoms with Crippen molar-refractivity contribution in [2.75, 3.05) is 24.3 Å². The van der Waals surface area contributed by atoms with Gasteiger partial charge in [-0.15, -0.1) is 17.9 Å². The number of rotatable bonds is 8. The number of amides is 1. The molecule has 0 aliphatic heterocycles. The number of methoxy groups -OCH3 is 1. The van der Waals surface area contributed by atoms with E-state index in [4.69, 9.17) is 13.9 Å². The minimum Gasteiger partial charge on any atom is -0.495 e. The molecule has 4 aromatic rings. The first-order valence-electron chi connectivity index (χ1n) is 9.81. The van der Waals surface area contributed by atoms with Crippen molar-refractivity contribution < 1.29 is 23.5 Å². The van der Waals surface area contributed by atoms with Gasteiger partial charge in [0.1, 0.15) is 16.9 Å². The smallest absolute Gasteiger partial charge is 0.358 e. The quantitative estimate of drug-likeness (QED) is 0.292. The number of hydrogen-bond acceptors (Lipinski definition) is 8. The Bertz CT molecular complexity index is 1310. The summed E-state index contributed by atoms with van der Waals surface area (Å²) in [6.07, 6.45) is 0.632. The summed E-state index contributed by atoms with van der Waals surface area (Å²) in [5.74, 6) is -0.726. The zero-order valence-corrected chi connectivity index (χ0v) is 18.3. The van der Waals surface area contributed by atoms with E-state index in [1.807, 2.05) is 24.3 Å². The fourth-order valence-electron chi connectivity index (χ4n) is 3.14. The zero-order valence-electron chi connectivity index (χ0n) is 17.5. The van der Waals surface area contributed by atoms with E-state index in [0.29, 0.717) is 28.7 Å². The predicted molar refractivity (Wildman–Crippen MR) is 125 cm³/mol. The van der Waals surface area contributed by atoms with Gasteiger partial charge < -0.3 is 24.5 Å². The molecule has 4 rings (SSSR count). The molecule has 164 valence electrons. The molecule has 0 aliphatic rings. The van der Waals surface area contributed by atoms with Crippen molar-refractivity contribution in [2.24, 2.45) is 0 Å². The number of ether oxygens (including phenoxy) is 2. The first-order valence-corrected chi connectivity index (χ1v) is 10.7. The molecule has 0 radical (unpaired) electrons. The van der Waals surface area contributed by atoms with Crippen LogP contribution in [-0.2, 0) is 9.53 Å². The van der Waals surface area contributed by atoms with Gasteiger partial charge in [0.05, 0.1) is 12.8 Å². The molecular formula is C23H21N3O5S. The van der Waals surface area contributed by atoms with Crippen LogP contribution in [0.5, 0.6) is 5.75 Å². The Morgan fingerprint density at radius 3 is 2.84 bits per heavy atom. The van der Waals surface area contributed by atoms with Crippen LogP contribution in [-0.4, -0.2) is 36.6 Å². The van der Waals surface area contributed by atoms with Crippen molar-refractivity contribution in [2.45, 2.75) is 13.0 Å². The molecule has 8 nitrogen and oxygen atoms in total. The summed E-state index contributed by atoms with van der Waals surface area (Å²) in [4.78, 5) is 29.2. The predicted octanol–water partition coefficient (Wildman–Crippen LogP) is 4.83. The molecule has 2 N–H and O–H groups in total. The van der Waals surface area contributed by atoms with Crippen LogP contribution in [0.1, 0.15) is 17.4 Å². The first-order chi connectivity index (χ1) is 15.5. The molecule has 32 heavy (non-hydrogen) atoms. The Kier molecular flexibility index (Phi) is 6.09. The molecule has 2 aromatic carbocycles. The summed E-state index contributed by atoms with van der Waals surface area (Å²) in [6, 6.07) is 11.1. The minimum absolute atomic E-state index is 0.127. The lowest BCUT2D eigenvalue weighted by Gasteiger charge is -2.14. The van der Waals surface area contributed by atoms with Crippen LogP contribution in [0.3, 0.4) is 0 Å². The van der Waals surface area contributed by atoms with Gasteiger partial charge in [-0.2, -0.15) is 0 Å². The number of carbonyl (C=O) groups is 2. The van der Waals surface area contributed by atoms with Crippen molar-refractivity contribution >= 4 is 56.0 Å². The van der Waals surface area contributed by atoms with Gasteiger partial charge in [0.15, 0.2) is 16.9 Å². The summed E-state index contributed by atoms with van der Waals surface area (Å²) >= 11 is 1.27. The molecule has 1 atom stereocenters. The van der Waals surface area contributed by atoms with E-state index >= 15 is 0 Å². The lowest BCUT2D eigenvalue weighted by Crippen LogP contribution is -2.30. The van der Waals surface area contributed by atoms with E-state index in [1.165, 1.54) is 25.4 Å². The van der Waals surface area contributed by atoms with E-state index in [0.717, 1.165) is 16.4 Å². The average molecular weight is 452 g/mol. The number of para-hydroxylation sites is 1. The van der Waals surface area contributed by atoms with Gasteiger partial charge in [-0.1, -0.05) is 24.3 Å². The molecule has 0 aliphatic carbocycles. The molecular weight excluding hydrogens is 430 g/mol. The number of carbonyl (C=O) groups excluding carboxylic acids is 2. The number of nitrogens with zero attached hydrogens (tertiary/aromatic N) is 1. The largest absolute Gasteiger partial charge is 0.495 e. The van der Waals surface area contributed by atoms with E-state index in [-0.39, 0.29) is 5.69 Å². The fourth-order valence-corrected chi connectivity index (χ4v) is 3.82. The number of esters is 1. The third-order valence-corrected chi connectivity index (χ3v) is 5.52. The summed E-state index contributed by atoms with van der Waals surface area (Å²) < 4.78 is 16.6. The Hall–Kier alpha value is -3.85. The third-order valence-electron chi connectivity index (χ3n) is 4.72. The van der Waals surface area contributed by atoms with Crippen molar-refractivity contribution in [3.05, 3.63) is 60.1 Å². The molecule has 1 amide bonds. The maximum Gasteiger partial charge on any atom is 0.358 e. The Morgan fingerprint density at radius 2 is 2.06 bits per heavy atom. The molecule has 2 aromatic heterocycles. The highest BCUT2D eigenvalue weighted by molar-refractivity contribution is 7.13. The normalized spacial score (nSPS) is 11.8. The molecule has 0 bridgehead atoms. The Labute approximate surface area is 187 Å². The number of fused-ring (bicyclic) bond motifs is 3. The van der Waals surface area contributed by atoms with Crippen molar-refractivity contribution in [3.63, 3.8) is 0 Å². The maximum atomic E-state index is 12.7. The summed E-state index contributed by atoms with van der Waals surface area (Å²) in [7, 11) is 1.52. The van der Waals surface area contributed by atoms with Crippen LogP contribution in [0.4, 0.5) is 10.8 Å². The molecule has 0 unspecified atom stereocenters. The molecule has 0 fully saturated rings. The van der Waals surface area contributed by atoms with Gasteiger partial charge in [-0.25, -0.2) is 9.78 Å². The molecule has 2 heterocycles.